The molecule has 0 aliphatic rings. The number of unbranched alkanes of at least 4 members (excludes halogenated alkanes) is 8. The van der Waals surface area contributed by atoms with Crippen molar-refractivity contribution in [1.82, 2.24) is 0 Å². The first kappa shape index (κ1) is 22.4. The molecule has 0 bridgehead atoms. The molecule has 0 radical (unpaired) electrons. The zero-order valence-electron chi connectivity index (χ0n) is 14.3. The predicted octanol–water partition coefficient (Wildman–Crippen LogP) is 0.474. The second kappa shape index (κ2) is 15.5. The third kappa shape index (κ3) is 14.5. The van der Waals surface area contributed by atoms with Crippen LogP contribution in [0.4, 0.5) is 0 Å². The Labute approximate surface area is 146 Å². The molecule has 0 aromatic carbocycles. The van der Waals surface area contributed by atoms with Gasteiger partial charge in [0.15, 0.2) is 0 Å². The molecule has 4 nitrogen and oxygen atoms in total. The number of aliphatic hydroxyl groups excluding tert-OH is 1. The fourth-order valence-electron chi connectivity index (χ4n) is 1.83. The van der Waals surface area contributed by atoms with Crippen LogP contribution in [0.25, 0.3) is 0 Å². The van der Waals surface area contributed by atoms with Gasteiger partial charge in [0.05, 0.1) is 0 Å². The topological polar surface area (TPSA) is 63.6 Å². The van der Waals surface area contributed by atoms with Gasteiger partial charge in [-0.05, 0) is 13.3 Å². The molecule has 0 heterocycles. The number of hydrogen-bond acceptors (Lipinski definition) is 4. The minimum absolute atomic E-state index is 0. The third-order valence-corrected chi connectivity index (χ3v) is 3.04. The Bertz CT molecular complexity index is 260. The Kier molecular flexibility index (Phi) is 17.3. The van der Waals surface area contributed by atoms with Gasteiger partial charge < -0.3 is 11.3 Å². The van der Waals surface area contributed by atoms with Crippen molar-refractivity contribution in [2.75, 3.05) is 0 Å². The Morgan fingerprint density at radius 3 is 1.90 bits per heavy atom. The number of esters is 2. The summed E-state index contributed by atoms with van der Waals surface area (Å²) in [6, 6.07) is 0. The van der Waals surface area contributed by atoms with Crippen molar-refractivity contribution in [2.45, 2.75) is 84.2 Å². The number of rotatable bonds is 11. The minimum Gasteiger partial charge on any atom is -1.00 e. The first-order valence-electron chi connectivity index (χ1n) is 7.50. The van der Waals surface area contributed by atoms with Crippen LogP contribution in [-0.4, -0.2) is 23.1 Å². The predicted molar refractivity (Wildman–Crippen MR) is 75.7 cm³/mol. The van der Waals surface area contributed by atoms with Gasteiger partial charge in [0.25, 0.3) is 0 Å². The molecule has 5 heteroatoms. The van der Waals surface area contributed by atoms with E-state index in [1.54, 1.807) is 0 Å². The van der Waals surface area contributed by atoms with E-state index >= 15 is 0 Å². The molecule has 0 rings (SSSR count). The number of aliphatic hydroxyl groups is 1. The van der Waals surface area contributed by atoms with E-state index in [4.69, 9.17) is 5.11 Å². The van der Waals surface area contributed by atoms with E-state index in [9.17, 15) is 9.59 Å². The molecule has 0 spiro atoms. The van der Waals surface area contributed by atoms with Crippen LogP contribution in [0.3, 0.4) is 0 Å². The SMILES string of the molecule is CCCCCCCCCCCC(=O)OC(=O)C(C)O.[H-].[Na+]. The van der Waals surface area contributed by atoms with E-state index in [1.807, 2.05) is 0 Å². The van der Waals surface area contributed by atoms with Crippen LogP contribution in [0.1, 0.15) is 79.5 Å². The van der Waals surface area contributed by atoms with Gasteiger partial charge in [-0.25, -0.2) is 4.79 Å². The second-order valence-corrected chi connectivity index (χ2v) is 5.05. The Balaban J connectivity index is -0.00000162. The molecule has 0 saturated heterocycles. The maximum atomic E-state index is 11.2. The van der Waals surface area contributed by atoms with Crippen LogP contribution in [0, 0.1) is 0 Å². The minimum atomic E-state index is -1.23. The van der Waals surface area contributed by atoms with Crippen molar-refractivity contribution in [3.8, 4) is 0 Å². The summed E-state index contributed by atoms with van der Waals surface area (Å²) in [5, 5.41) is 8.87. The molecule has 1 unspecified atom stereocenters. The number of hydrogen-bond donors (Lipinski definition) is 1. The van der Waals surface area contributed by atoms with Crippen LogP contribution >= 0.6 is 0 Å². The van der Waals surface area contributed by atoms with Crippen molar-refractivity contribution in [2.24, 2.45) is 0 Å². The van der Waals surface area contributed by atoms with E-state index in [0.29, 0.717) is 0 Å². The van der Waals surface area contributed by atoms with Crippen LogP contribution in [0.5, 0.6) is 0 Å². The first-order valence-corrected chi connectivity index (χ1v) is 7.50. The van der Waals surface area contributed by atoms with E-state index in [2.05, 4.69) is 11.7 Å². The Hall–Kier alpha value is 0.1000. The van der Waals surface area contributed by atoms with Crippen LogP contribution in [0.2, 0.25) is 0 Å². The van der Waals surface area contributed by atoms with Crippen molar-refractivity contribution in [3.05, 3.63) is 0 Å². The second-order valence-electron chi connectivity index (χ2n) is 5.05. The van der Waals surface area contributed by atoms with Gasteiger partial charge in [-0.2, -0.15) is 0 Å². The molecule has 0 saturated carbocycles. The van der Waals surface area contributed by atoms with Gasteiger partial charge in [0.2, 0.25) is 0 Å². The molecule has 0 aliphatic heterocycles. The standard InChI is InChI=1S/C15H28O4.Na.H/c1-3-4-5-6-7-8-9-10-11-12-14(17)19-15(18)13(2)16;;/h13,16H,3-12H2,1-2H3;;/q;+1;-1. The maximum absolute atomic E-state index is 11.2. The Morgan fingerprint density at radius 2 is 1.45 bits per heavy atom. The average Bonchev–Trinajstić information content (AvgIpc) is 2.36. The molecule has 0 aliphatic carbocycles. The quantitative estimate of drug-likeness (QED) is 0.261. The van der Waals surface area contributed by atoms with Gasteiger partial charge in [-0.3, -0.25) is 4.79 Å². The zero-order chi connectivity index (χ0) is 14.5. The van der Waals surface area contributed by atoms with Crippen molar-refractivity contribution in [3.63, 3.8) is 0 Å². The molecule has 0 aromatic heterocycles. The van der Waals surface area contributed by atoms with Crippen LogP contribution in [-0.2, 0) is 14.3 Å². The number of carbonyl (C=O) groups excluding carboxylic acids is 2. The summed E-state index contributed by atoms with van der Waals surface area (Å²) in [5.41, 5.74) is 0. The Morgan fingerprint density at radius 1 is 1.00 bits per heavy atom. The fraction of sp³-hybridized carbons (Fsp3) is 0.867. The fourth-order valence-corrected chi connectivity index (χ4v) is 1.83. The largest absolute Gasteiger partial charge is 1.00 e. The molecular formula is C15H29NaO4. The molecule has 20 heavy (non-hydrogen) atoms. The van der Waals surface area contributed by atoms with Crippen molar-refractivity contribution < 1.29 is 50.4 Å². The zero-order valence-corrected chi connectivity index (χ0v) is 15.3. The molecule has 0 aromatic rings. The van der Waals surface area contributed by atoms with Crippen LogP contribution in [0.15, 0.2) is 0 Å². The first-order chi connectivity index (χ1) is 9.07. The van der Waals surface area contributed by atoms with Gasteiger partial charge in [0, 0.05) is 6.42 Å². The monoisotopic (exact) mass is 296 g/mol. The average molecular weight is 296 g/mol. The molecule has 1 N–H and O–H groups in total. The summed E-state index contributed by atoms with van der Waals surface area (Å²) in [7, 11) is 0. The van der Waals surface area contributed by atoms with Gasteiger partial charge >= 0.3 is 41.5 Å². The molecule has 114 valence electrons. The number of carbonyl (C=O) groups is 2. The summed E-state index contributed by atoms with van der Waals surface area (Å²) in [6.45, 7) is 3.50. The van der Waals surface area contributed by atoms with E-state index in [-0.39, 0.29) is 37.4 Å². The molecular weight excluding hydrogens is 267 g/mol. The van der Waals surface area contributed by atoms with E-state index in [1.165, 1.54) is 45.4 Å². The van der Waals surface area contributed by atoms with Crippen molar-refractivity contribution >= 4 is 11.9 Å². The number of ether oxygens (including phenoxy) is 1. The van der Waals surface area contributed by atoms with Gasteiger partial charge in [-0.15, -0.1) is 0 Å². The van der Waals surface area contributed by atoms with Crippen LogP contribution < -0.4 is 29.6 Å². The third-order valence-electron chi connectivity index (χ3n) is 3.04. The summed E-state index contributed by atoms with van der Waals surface area (Å²) < 4.78 is 4.46. The molecule has 1 atom stereocenters. The molecule has 0 amide bonds. The van der Waals surface area contributed by atoms with Gasteiger partial charge in [0.1, 0.15) is 6.10 Å². The maximum Gasteiger partial charge on any atom is 1.00 e. The molecule has 0 fully saturated rings. The summed E-state index contributed by atoms with van der Waals surface area (Å²) in [5.74, 6) is -1.39. The normalized spacial score (nSPS) is 11.6. The summed E-state index contributed by atoms with van der Waals surface area (Å²) >= 11 is 0. The van der Waals surface area contributed by atoms with Gasteiger partial charge in [-0.1, -0.05) is 58.3 Å². The van der Waals surface area contributed by atoms with E-state index < -0.39 is 18.0 Å². The summed E-state index contributed by atoms with van der Waals surface area (Å²) in [4.78, 5) is 22.1. The van der Waals surface area contributed by atoms with E-state index in [0.717, 1.165) is 19.3 Å². The smallest absolute Gasteiger partial charge is 1.00 e. The summed E-state index contributed by atoms with van der Waals surface area (Å²) in [6.07, 6.45) is 9.60. The van der Waals surface area contributed by atoms with Crippen molar-refractivity contribution in [1.29, 1.82) is 0 Å².